The quantitative estimate of drug-likeness (QED) is 0.442. The van der Waals surface area contributed by atoms with Gasteiger partial charge in [0.1, 0.15) is 0 Å². The van der Waals surface area contributed by atoms with Crippen molar-refractivity contribution in [3.05, 3.63) is 36.0 Å². The first kappa shape index (κ1) is 16.5. The molecule has 1 aromatic carbocycles. The molecule has 122 valence electrons. The minimum atomic E-state index is -1.56. The van der Waals surface area contributed by atoms with E-state index in [-0.39, 0.29) is 0 Å². The van der Waals surface area contributed by atoms with Crippen LogP contribution in [0.3, 0.4) is 0 Å². The molecule has 0 unspecified atom stereocenters. The first-order valence-electron chi connectivity index (χ1n) is 7.06. The average Bonchev–Trinajstić information content (AvgIpc) is 2.89. The summed E-state index contributed by atoms with van der Waals surface area (Å²) in [7, 11) is 0. The Morgan fingerprint density at radius 2 is 2.00 bits per heavy atom. The lowest BCUT2D eigenvalue weighted by atomic mass is 10.0. The zero-order valence-electron chi connectivity index (χ0n) is 12.4. The maximum absolute atomic E-state index is 12.1. The van der Waals surface area contributed by atoms with Gasteiger partial charge in [-0.05, 0) is 11.6 Å². The van der Waals surface area contributed by atoms with Gasteiger partial charge in [0.25, 0.3) is 5.91 Å². The van der Waals surface area contributed by atoms with Crippen LogP contribution >= 0.6 is 0 Å². The normalized spacial score (nSPS) is 13.4. The van der Waals surface area contributed by atoms with Crippen molar-refractivity contribution in [2.24, 2.45) is 5.73 Å². The second-order valence-electron chi connectivity index (χ2n) is 5.31. The Balaban J connectivity index is 2.04. The standard InChI is InChI=1S/C15H18N4O4/c16-10(14(21)19-12(15(22)23)6-13(17)20)5-8-7-18-11-4-2-1-3-9(8)11/h1-4,7,10,12,18H,5-6,16H2,(H2,17,20)(H,19,21)(H,22,23)/t10-,12-/m0/s1. The molecule has 1 heterocycles. The predicted molar refractivity (Wildman–Crippen MR) is 79.4 cm³/mol. The molecular formula is C15H18N4O4. The largest absolute Gasteiger partial charge is 0.548 e. The lowest BCUT2D eigenvalue weighted by Crippen LogP contribution is -2.70. The Labute approximate surface area is 131 Å². The molecule has 2 amide bonds. The lowest BCUT2D eigenvalue weighted by Gasteiger charge is -2.19. The molecule has 0 aliphatic carbocycles. The van der Waals surface area contributed by atoms with E-state index in [4.69, 9.17) is 5.73 Å². The van der Waals surface area contributed by atoms with Gasteiger partial charge in [-0.1, -0.05) is 18.2 Å². The van der Waals surface area contributed by atoms with E-state index in [9.17, 15) is 19.5 Å². The van der Waals surface area contributed by atoms with Crippen LogP contribution in [-0.4, -0.2) is 34.9 Å². The van der Waals surface area contributed by atoms with Crippen molar-refractivity contribution in [1.82, 2.24) is 10.3 Å². The summed E-state index contributed by atoms with van der Waals surface area (Å²) in [6.45, 7) is 0. The van der Waals surface area contributed by atoms with Crippen LogP contribution in [0.15, 0.2) is 30.5 Å². The highest BCUT2D eigenvalue weighted by atomic mass is 16.4. The van der Waals surface area contributed by atoms with Crippen molar-refractivity contribution >= 4 is 28.7 Å². The number of primary amides is 1. The summed E-state index contributed by atoms with van der Waals surface area (Å²) in [5.41, 5.74) is 10.5. The van der Waals surface area contributed by atoms with E-state index in [0.717, 1.165) is 16.5 Å². The second-order valence-corrected chi connectivity index (χ2v) is 5.31. The number of aromatic amines is 1. The molecule has 2 rings (SSSR count). The number of carbonyl (C=O) groups is 3. The molecule has 0 saturated heterocycles. The number of para-hydroxylation sites is 1. The molecule has 8 heteroatoms. The molecule has 1 aromatic heterocycles. The fourth-order valence-corrected chi connectivity index (χ4v) is 2.34. The van der Waals surface area contributed by atoms with E-state index < -0.39 is 36.3 Å². The van der Waals surface area contributed by atoms with Crippen molar-refractivity contribution < 1.29 is 25.2 Å². The average molecular weight is 318 g/mol. The van der Waals surface area contributed by atoms with E-state index in [1.165, 1.54) is 0 Å². The third-order valence-electron chi connectivity index (χ3n) is 3.52. The van der Waals surface area contributed by atoms with Crippen molar-refractivity contribution in [1.29, 1.82) is 0 Å². The van der Waals surface area contributed by atoms with Gasteiger partial charge in [0.2, 0.25) is 5.91 Å². The van der Waals surface area contributed by atoms with Gasteiger partial charge in [-0.25, -0.2) is 0 Å². The van der Waals surface area contributed by atoms with Crippen LogP contribution in [0, 0.1) is 0 Å². The fourth-order valence-electron chi connectivity index (χ4n) is 2.34. The van der Waals surface area contributed by atoms with Gasteiger partial charge in [0.15, 0.2) is 6.04 Å². The molecule has 2 atom stereocenters. The Kier molecular flexibility index (Phi) is 4.97. The fraction of sp³-hybridized carbons (Fsp3) is 0.267. The first-order chi connectivity index (χ1) is 10.9. The number of hydrogen-bond acceptors (Lipinski definition) is 4. The second kappa shape index (κ2) is 6.93. The molecule has 0 spiro atoms. The number of fused-ring (bicyclic) bond motifs is 1. The Morgan fingerprint density at radius 1 is 1.30 bits per heavy atom. The van der Waals surface area contributed by atoms with Gasteiger partial charge in [-0.15, -0.1) is 0 Å². The smallest absolute Gasteiger partial charge is 0.279 e. The molecule has 0 saturated carbocycles. The number of rotatable bonds is 7. The van der Waals surface area contributed by atoms with E-state index in [1.54, 1.807) is 6.20 Å². The molecule has 0 radical (unpaired) electrons. The summed E-state index contributed by atoms with van der Waals surface area (Å²) in [5.74, 6) is -2.97. The number of benzene rings is 1. The topological polar surface area (TPSA) is 156 Å². The highest BCUT2D eigenvalue weighted by Gasteiger charge is 2.24. The number of carboxylic acids is 1. The minimum Gasteiger partial charge on any atom is -0.548 e. The van der Waals surface area contributed by atoms with Crippen LogP contribution in [0.2, 0.25) is 0 Å². The number of aromatic nitrogens is 1. The lowest BCUT2D eigenvalue weighted by molar-refractivity contribution is -0.403. The van der Waals surface area contributed by atoms with E-state index in [2.05, 4.69) is 16.0 Å². The maximum Gasteiger partial charge on any atom is 0.279 e. The third-order valence-corrected chi connectivity index (χ3v) is 3.52. The molecule has 23 heavy (non-hydrogen) atoms. The summed E-state index contributed by atoms with van der Waals surface area (Å²) in [6, 6.07) is 5.44. The highest BCUT2D eigenvalue weighted by molar-refractivity contribution is 5.89. The van der Waals surface area contributed by atoms with Gasteiger partial charge in [0.05, 0.1) is 18.4 Å². The van der Waals surface area contributed by atoms with Crippen molar-refractivity contribution in [2.45, 2.75) is 24.9 Å². The number of nitrogens with two attached hydrogens (primary N) is 1. The van der Waals surface area contributed by atoms with Gasteiger partial charge in [-0.2, -0.15) is 0 Å². The zero-order chi connectivity index (χ0) is 17.0. The Hall–Kier alpha value is -2.87. The van der Waals surface area contributed by atoms with Crippen molar-refractivity contribution in [3.63, 3.8) is 0 Å². The van der Waals surface area contributed by atoms with Gasteiger partial charge in [0, 0.05) is 23.5 Å². The molecule has 8 nitrogen and oxygen atoms in total. The van der Waals surface area contributed by atoms with Crippen LogP contribution in [0.4, 0.5) is 0 Å². The van der Waals surface area contributed by atoms with Crippen LogP contribution in [0.25, 0.3) is 10.9 Å². The number of carbonyl (C=O) groups excluding carboxylic acids is 3. The number of quaternary nitrogens is 1. The number of H-pyrrole nitrogens is 1. The molecule has 0 aliphatic heterocycles. The van der Waals surface area contributed by atoms with Gasteiger partial charge >= 0.3 is 0 Å². The monoisotopic (exact) mass is 318 g/mol. The van der Waals surface area contributed by atoms with Gasteiger partial charge < -0.3 is 31.7 Å². The molecular weight excluding hydrogens is 300 g/mol. The maximum atomic E-state index is 12.1. The molecule has 2 aromatic rings. The van der Waals surface area contributed by atoms with E-state index >= 15 is 0 Å². The van der Waals surface area contributed by atoms with Gasteiger partial charge in [-0.3, -0.25) is 9.59 Å². The Morgan fingerprint density at radius 3 is 2.65 bits per heavy atom. The van der Waals surface area contributed by atoms with Crippen LogP contribution in [0.1, 0.15) is 12.0 Å². The molecule has 0 bridgehead atoms. The summed E-state index contributed by atoms with van der Waals surface area (Å²) in [6.07, 6.45) is 1.59. The Bertz CT molecular complexity index is 740. The van der Waals surface area contributed by atoms with Crippen molar-refractivity contribution in [2.75, 3.05) is 0 Å². The number of nitrogens with one attached hydrogen (secondary N) is 2. The third kappa shape index (κ3) is 4.07. The summed E-state index contributed by atoms with van der Waals surface area (Å²) >= 11 is 0. The van der Waals surface area contributed by atoms with Crippen LogP contribution in [0.5, 0.6) is 0 Å². The van der Waals surface area contributed by atoms with Crippen LogP contribution < -0.4 is 21.9 Å². The molecule has 0 fully saturated rings. The highest BCUT2D eigenvalue weighted by Crippen LogP contribution is 2.18. The van der Waals surface area contributed by atoms with E-state index in [1.807, 2.05) is 24.3 Å². The number of aliphatic carboxylic acids is 1. The zero-order valence-corrected chi connectivity index (χ0v) is 12.4. The van der Waals surface area contributed by atoms with E-state index in [0.29, 0.717) is 6.42 Å². The number of amides is 2. The number of hydrogen-bond donors (Lipinski definition) is 4. The van der Waals surface area contributed by atoms with Crippen LogP contribution in [-0.2, 0) is 20.8 Å². The molecule has 0 aliphatic rings. The predicted octanol–water partition coefficient (Wildman–Crippen LogP) is -2.57. The molecule has 7 N–H and O–H groups in total. The summed E-state index contributed by atoms with van der Waals surface area (Å²) < 4.78 is 0. The SMILES string of the molecule is NC(=O)C[C@H](NC(=O)[C@@H]([NH3+])Cc1c[nH]c2ccccc12)C(=O)[O-]. The summed E-state index contributed by atoms with van der Waals surface area (Å²) in [5, 5.41) is 14.1. The van der Waals surface area contributed by atoms with Crippen molar-refractivity contribution in [3.8, 4) is 0 Å². The number of carboxylic acid groups (broad SMARTS) is 1. The first-order valence-corrected chi connectivity index (χ1v) is 7.06. The minimum absolute atomic E-state index is 0.326. The summed E-state index contributed by atoms with van der Waals surface area (Å²) in [4.78, 5) is 36.9.